The lowest BCUT2D eigenvalue weighted by atomic mass is 9.44. The average molecular weight is 577 g/mol. The van der Waals surface area contributed by atoms with Crippen molar-refractivity contribution in [2.75, 3.05) is 6.61 Å². The Morgan fingerprint density at radius 1 is 1.20 bits per heavy atom. The highest BCUT2D eigenvalue weighted by Crippen LogP contribution is 2.70. The van der Waals surface area contributed by atoms with Crippen molar-refractivity contribution in [3.63, 3.8) is 0 Å². The fourth-order valence-corrected chi connectivity index (χ4v) is 8.77. The van der Waals surface area contributed by atoms with Gasteiger partial charge in [0, 0.05) is 16.7 Å². The number of carbonyl (C=O) groups excluding carboxylic acids is 3. The number of esters is 1. The number of aliphatic hydroxyl groups is 2. The molecule has 1 aromatic rings. The fraction of sp³-hybridized carbons (Fsp3) is 0.552. The predicted octanol–water partition coefficient (Wildman–Crippen LogP) is 3.01. The molecule has 4 aliphatic carbocycles. The van der Waals surface area contributed by atoms with Crippen LogP contribution in [0.15, 0.2) is 53.0 Å². The largest absolute Gasteiger partial charge is 0.454 e. The smallest absolute Gasteiger partial charge is 0.338 e. The van der Waals surface area contributed by atoms with Crippen LogP contribution in [0.3, 0.4) is 0 Å². The summed E-state index contributed by atoms with van der Waals surface area (Å²) in [5.41, 5.74) is -6.17. The molecule has 0 aromatic heterocycles. The third-order valence-electron chi connectivity index (χ3n) is 10.3. The lowest BCUT2D eigenvalue weighted by Gasteiger charge is -2.62. The summed E-state index contributed by atoms with van der Waals surface area (Å²) in [6.45, 7) is 4.22. The maximum absolute atomic E-state index is 17.3. The molecular weight excluding hydrogens is 543 g/mol. The summed E-state index contributed by atoms with van der Waals surface area (Å²) in [6.07, 6.45) is 3.64. The monoisotopic (exact) mass is 576 g/mol. The first-order valence-electron chi connectivity index (χ1n) is 13.3. The minimum absolute atomic E-state index is 0.216. The predicted molar refractivity (Wildman–Crippen MR) is 139 cm³/mol. The molecule has 9 nitrogen and oxygen atoms in total. The van der Waals surface area contributed by atoms with Gasteiger partial charge in [-0.1, -0.05) is 31.6 Å². The number of rotatable bonds is 5. The zero-order chi connectivity index (χ0) is 29.5. The van der Waals surface area contributed by atoms with E-state index in [9.17, 15) is 37.6 Å². The van der Waals surface area contributed by atoms with Gasteiger partial charge in [0.2, 0.25) is 5.78 Å². The van der Waals surface area contributed by atoms with Crippen molar-refractivity contribution in [3.05, 3.63) is 53.6 Å². The van der Waals surface area contributed by atoms with Gasteiger partial charge in [-0.15, -0.1) is 0 Å². The van der Waals surface area contributed by atoms with Crippen molar-refractivity contribution in [2.24, 2.45) is 28.6 Å². The van der Waals surface area contributed by atoms with Crippen LogP contribution in [0.25, 0.3) is 0 Å². The first kappa shape index (κ1) is 28.8. The van der Waals surface area contributed by atoms with Crippen LogP contribution in [-0.4, -0.2) is 64.7 Å². The molecule has 0 spiro atoms. The number of ether oxygens (including phenoxy) is 1. The third kappa shape index (κ3) is 3.81. The van der Waals surface area contributed by atoms with Crippen molar-refractivity contribution in [1.29, 1.82) is 0 Å². The van der Waals surface area contributed by atoms with E-state index in [0.717, 1.165) is 12.1 Å². The molecule has 0 aliphatic heterocycles. The summed E-state index contributed by atoms with van der Waals surface area (Å²) in [5, 5.41) is 23.4. The molecule has 3 fully saturated rings. The molecule has 0 heterocycles. The summed E-state index contributed by atoms with van der Waals surface area (Å²) in [4.78, 5) is 37.7. The number of hydrogen-bond acceptors (Lipinski definition) is 8. The highest BCUT2D eigenvalue weighted by molar-refractivity contribution is 7.85. The van der Waals surface area contributed by atoms with Gasteiger partial charge in [0.05, 0.1) is 16.6 Å². The second-order valence-corrected chi connectivity index (χ2v) is 13.6. The van der Waals surface area contributed by atoms with Gasteiger partial charge < -0.3 is 14.9 Å². The van der Waals surface area contributed by atoms with Gasteiger partial charge in [0.1, 0.15) is 5.60 Å². The molecule has 40 heavy (non-hydrogen) atoms. The fourth-order valence-electron chi connectivity index (χ4n) is 8.25. The topological polar surface area (TPSA) is 155 Å². The maximum Gasteiger partial charge on any atom is 0.338 e. The number of ketones is 2. The van der Waals surface area contributed by atoms with Gasteiger partial charge in [-0.3, -0.25) is 14.1 Å². The van der Waals surface area contributed by atoms with Crippen LogP contribution in [0.2, 0.25) is 0 Å². The highest BCUT2D eigenvalue weighted by atomic mass is 32.2. The van der Waals surface area contributed by atoms with Crippen LogP contribution >= 0.6 is 0 Å². The van der Waals surface area contributed by atoms with Crippen LogP contribution in [0.5, 0.6) is 0 Å². The molecule has 5 rings (SSSR count). The zero-order valence-corrected chi connectivity index (χ0v) is 23.3. The minimum Gasteiger partial charge on any atom is -0.454 e. The van der Waals surface area contributed by atoms with E-state index in [0.29, 0.717) is 24.8 Å². The Balaban J connectivity index is 1.41. The summed E-state index contributed by atoms with van der Waals surface area (Å²) < 4.78 is 54.4. The molecule has 3 saturated carbocycles. The van der Waals surface area contributed by atoms with Gasteiger partial charge in [-0.2, -0.15) is 8.42 Å². The van der Waals surface area contributed by atoms with E-state index in [2.05, 4.69) is 0 Å². The molecular formula is C29H33FO9S. The summed E-state index contributed by atoms with van der Waals surface area (Å²) in [6, 6.07) is 4.48. The Bertz CT molecular complexity index is 1470. The van der Waals surface area contributed by atoms with Crippen molar-refractivity contribution in [1.82, 2.24) is 0 Å². The number of halogens is 1. The zero-order valence-electron chi connectivity index (χ0n) is 22.5. The summed E-state index contributed by atoms with van der Waals surface area (Å²) >= 11 is 0. The number of hydrogen-bond donors (Lipinski definition) is 3. The number of alkyl halides is 1. The SMILES string of the molecule is C[C@H]1C[C@@H]2[C@H]3CCC4=CC(=O)C=C[C@]4(C)[C@]3(F)[C@H](O)C[C@]2(C)[C@]1(O)C(=O)COC(=O)c1cccc(S(=O)(=O)O)c1. The Kier molecular flexibility index (Phi) is 6.58. The molecule has 1 aromatic carbocycles. The third-order valence-corrected chi connectivity index (χ3v) is 11.2. The number of aliphatic hydroxyl groups excluding tert-OH is 1. The van der Waals surface area contributed by atoms with Crippen LogP contribution in [-0.2, 0) is 24.4 Å². The number of Topliss-reactive ketones (excluding diaryl/α,β-unsaturated/α-hetero) is 1. The van der Waals surface area contributed by atoms with Gasteiger partial charge >= 0.3 is 5.97 Å². The second kappa shape index (κ2) is 9.14. The molecule has 11 heteroatoms. The van der Waals surface area contributed by atoms with E-state index in [4.69, 9.17) is 4.74 Å². The van der Waals surface area contributed by atoms with Gasteiger partial charge in [-0.05, 0) is 74.8 Å². The molecule has 8 atom stereocenters. The maximum atomic E-state index is 17.3. The number of fused-ring (bicyclic) bond motifs is 5. The van der Waals surface area contributed by atoms with E-state index in [1.54, 1.807) is 20.8 Å². The molecule has 0 radical (unpaired) electrons. The van der Waals surface area contributed by atoms with Gasteiger partial charge in [-0.25, -0.2) is 9.18 Å². The van der Waals surface area contributed by atoms with E-state index >= 15 is 4.39 Å². The molecule has 216 valence electrons. The quantitative estimate of drug-likeness (QED) is 0.354. The van der Waals surface area contributed by atoms with Crippen LogP contribution < -0.4 is 0 Å². The first-order chi connectivity index (χ1) is 18.5. The minimum atomic E-state index is -4.57. The van der Waals surface area contributed by atoms with Crippen molar-refractivity contribution < 1.29 is 46.7 Å². The number of benzene rings is 1. The van der Waals surface area contributed by atoms with Crippen molar-refractivity contribution >= 4 is 27.7 Å². The van der Waals surface area contributed by atoms with Gasteiger partial charge in [0.25, 0.3) is 10.1 Å². The Labute approximate surface area is 231 Å². The summed E-state index contributed by atoms with van der Waals surface area (Å²) in [7, 11) is -4.57. The molecule has 0 saturated heterocycles. The molecule has 4 aliphatic rings. The van der Waals surface area contributed by atoms with E-state index < -0.39 is 79.3 Å². The van der Waals surface area contributed by atoms with E-state index in [-0.39, 0.29) is 17.8 Å². The number of allylic oxidation sites excluding steroid dienone is 4. The second-order valence-electron chi connectivity index (χ2n) is 12.2. The molecule has 0 amide bonds. The molecule has 3 N–H and O–H groups in total. The van der Waals surface area contributed by atoms with E-state index in [1.165, 1.54) is 30.4 Å². The van der Waals surface area contributed by atoms with E-state index in [1.807, 2.05) is 0 Å². The summed E-state index contributed by atoms with van der Waals surface area (Å²) in [5.74, 6) is -3.86. The lowest BCUT2D eigenvalue weighted by molar-refractivity contribution is -0.219. The highest BCUT2D eigenvalue weighted by Gasteiger charge is 2.75. The van der Waals surface area contributed by atoms with Crippen LogP contribution in [0.1, 0.15) is 56.8 Å². The van der Waals surface area contributed by atoms with Crippen LogP contribution in [0.4, 0.5) is 4.39 Å². The lowest BCUT2D eigenvalue weighted by Crippen LogP contribution is -2.69. The Hall–Kier alpha value is -2.73. The van der Waals surface area contributed by atoms with Gasteiger partial charge in [0.15, 0.2) is 18.1 Å². The van der Waals surface area contributed by atoms with Crippen molar-refractivity contribution in [3.8, 4) is 0 Å². The van der Waals surface area contributed by atoms with Crippen LogP contribution in [0, 0.1) is 28.6 Å². The molecule has 0 unspecified atom stereocenters. The number of carbonyl (C=O) groups is 3. The normalized spacial score (nSPS) is 40.5. The standard InChI is InChI=1S/C29H33FO9S/c1-16-11-22-21-8-7-18-13-19(31)9-10-26(18,2)28(21,30)23(32)14-27(22,3)29(16,35)24(33)15-39-25(34)17-5-4-6-20(12-17)40(36,37)38/h4-6,9-10,12-13,16,21-23,32,35H,7-8,11,14-15H2,1-3H3,(H,36,37,38)/t16-,21+,22+,23+,26-,27-,28+,29+/m0/s1. The van der Waals surface area contributed by atoms with Crippen molar-refractivity contribution in [2.45, 2.75) is 68.7 Å². The first-order valence-corrected chi connectivity index (χ1v) is 14.8. The Morgan fingerprint density at radius 2 is 1.90 bits per heavy atom. The Morgan fingerprint density at radius 3 is 2.58 bits per heavy atom. The average Bonchev–Trinajstić information content (AvgIpc) is 3.09. The molecule has 0 bridgehead atoms.